The van der Waals surface area contributed by atoms with Gasteiger partial charge in [0, 0.05) is 37.8 Å². The van der Waals surface area contributed by atoms with Crippen LogP contribution in [0, 0.1) is 0 Å². The zero-order valence-electron chi connectivity index (χ0n) is 18.5. The average Bonchev–Trinajstić information content (AvgIpc) is 3.31. The number of sulfone groups is 1. The number of ether oxygens (including phenoxy) is 3. The fraction of sp³-hybridized carbons (Fsp3) is 0.348. The Hall–Kier alpha value is -3.24. The molecule has 0 radical (unpaired) electrons. The molecule has 9 nitrogen and oxygen atoms in total. The number of fused-ring (bicyclic) bond motifs is 1. The van der Waals surface area contributed by atoms with E-state index in [0.29, 0.717) is 49.1 Å². The van der Waals surface area contributed by atoms with Crippen LogP contribution in [0.4, 0.5) is 5.88 Å². The van der Waals surface area contributed by atoms with E-state index in [9.17, 15) is 8.42 Å². The third-order valence-corrected chi connectivity index (χ3v) is 7.41. The van der Waals surface area contributed by atoms with Crippen molar-refractivity contribution >= 4 is 15.7 Å². The number of hydrogen-bond donors (Lipinski definition) is 0. The SMILES string of the molecule is COc1cccc(-c2nc(S(=O)(=O)c3ccc4c(c3)OCCO4)c(N3CCN(C)CC3)o2)c1. The molecule has 3 heterocycles. The van der Waals surface area contributed by atoms with Crippen molar-refractivity contribution in [3.63, 3.8) is 0 Å². The monoisotopic (exact) mass is 471 g/mol. The summed E-state index contributed by atoms with van der Waals surface area (Å²) in [5, 5.41) is -0.110. The lowest BCUT2D eigenvalue weighted by molar-refractivity contribution is 0.171. The first-order valence-corrected chi connectivity index (χ1v) is 12.2. The highest BCUT2D eigenvalue weighted by Gasteiger charge is 2.33. The first-order chi connectivity index (χ1) is 16.0. The van der Waals surface area contributed by atoms with Crippen molar-refractivity contribution < 1.29 is 27.0 Å². The van der Waals surface area contributed by atoms with E-state index in [1.54, 1.807) is 25.3 Å². The molecule has 0 aliphatic carbocycles. The number of piperazine rings is 1. The van der Waals surface area contributed by atoms with Crippen LogP contribution >= 0.6 is 0 Å². The summed E-state index contributed by atoms with van der Waals surface area (Å²) in [6.07, 6.45) is 0. The summed E-state index contributed by atoms with van der Waals surface area (Å²) in [7, 11) is -0.390. The maximum atomic E-state index is 13.7. The summed E-state index contributed by atoms with van der Waals surface area (Å²) in [5.74, 6) is 2.02. The van der Waals surface area contributed by atoms with E-state index in [2.05, 4.69) is 9.88 Å². The molecule has 33 heavy (non-hydrogen) atoms. The summed E-state index contributed by atoms with van der Waals surface area (Å²) < 4.78 is 50.0. The molecule has 0 unspecified atom stereocenters. The molecule has 5 rings (SSSR count). The average molecular weight is 472 g/mol. The van der Waals surface area contributed by atoms with Gasteiger partial charge in [-0.3, -0.25) is 0 Å². The Bertz CT molecular complexity index is 1260. The fourth-order valence-corrected chi connectivity index (χ4v) is 5.20. The molecule has 1 saturated heterocycles. The second-order valence-corrected chi connectivity index (χ2v) is 9.83. The molecule has 3 aromatic rings. The molecule has 0 saturated carbocycles. The molecule has 10 heteroatoms. The maximum absolute atomic E-state index is 13.7. The normalized spacial score (nSPS) is 16.6. The van der Waals surface area contributed by atoms with Crippen molar-refractivity contribution in [3.05, 3.63) is 42.5 Å². The predicted octanol–water partition coefficient (Wildman–Crippen LogP) is 2.71. The standard InChI is InChI=1S/C23H25N3O6S/c1-25-8-10-26(11-9-25)23-22(24-21(32-23)16-4-3-5-17(14-16)29-2)33(27,28)18-6-7-19-20(15-18)31-13-12-30-19/h3-7,14-15H,8-13H2,1-2H3. The third-order valence-electron chi connectivity index (χ3n) is 5.77. The summed E-state index contributed by atoms with van der Waals surface area (Å²) in [5.41, 5.74) is 0.633. The number of benzene rings is 2. The molecular formula is C23H25N3O6S. The Morgan fingerprint density at radius 2 is 1.73 bits per heavy atom. The number of rotatable bonds is 5. The van der Waals surface area contributed by atoms with Gasteiger partial charge < -0.3 is 28.4 Å². The van der Waals surface area contributed by atoms with E-state index < -0.39 is 9.84 Å². The number of methoxy groups -OCH3 is 1. The summed E-state index contributed by atoms with van der Waals surface area (Å²) >= 11 is 0. The number of anilines is 1. The lowest BCUT2D eigenvalue weighted by Gasteiger charge is -2.32. The molecule has 0 N–H and O–H groups in total. The van der Waals surface area contributed by atoms with Gasteiger partial charge in [0.05, 0.1) is 12.0 Å². The van der Waals surface area contributed by atoms with Gasteiger partial charge in [-0.25, -0.2) is 8.42 Å². The van der Waals surface area contributed by atoms with Crippen LogP contribution < -0.4 is 19.1 Å². The number of aromatic nitrogens is 1. The van der Waals surface area contributed by atoms with Crippen LogP contribution in [-0.2, 0) is 9.84 Å². The molecule has 2 aliphatic heterocycles. The topological polar surface area (TPSA) is 94.3 Å². The number of hydrogen-bond acceptors (Lipinski definition) is 9. The lowest BCUT2D eigenvalue weighted by Crippen LogP contribution is -2.44. The van der Waals surface area contributed by atoms with E-state index >= 15 is 0 Å². The Labute approximate surface area is 192 Å². The number of nitrogens with zero attached hydrogens (tertiary/aromatic N) is 3. The van der Waals surface area contributed by atoms with Crippen molar-refractivity contribution in [2.45, 2.75) is 9.92 Å². The highest BCUT2D eigenvalue weighted by Crippen LogP contribution is 2.38. The Kier molecular flexibility index (Phi) is 5.63. The minimum Gasteiger partial charge on any atom is -0.497 e. The van der Waals surface area contributed by atoms with Crippen molar-refractivity contribution in [3.8, 4) is 28.7 Å². The van der Waals surface area contributed by atoms with E-state index in [-0.39, 0.29) is 21.7 Å². The Morgan fingerprint density at radius 1 is 0.970 bits per heavy atom. The molecule has 1 fully saturated rings. The minimum atomic E-state index is -4.00. The van der Waals surface area contributed by atoms with Crippen molar-refractivity contribution in [2.75, 3.05) is 58.5 Å². The quantitative estimate of drug-likeness (QED) is 0.557. The van der Waals surface area contributed by atoms with Crippen LogP contribution in [0.15, 0.2) is 56.8 Å². The molecule has 0 amide bonds. The highest BCUT2D eigenvalue weighted by atomic mass is 32.2. The first kappa shape index (κ1) is 21.6. The van der Waals surface area contributed by atoms with Crippen molar-refractivity contribution in [1.29, 1.82) is 0 Å². The summed E-state index contributed by atoms with van der Waals surface area (Å²) in [6.45, 7) is 3.64. The fourth-order valence-electron chi connectivity index (χ4n) is 3.86. The van der Waals surface area contributed by atoms with Gasteiger partial charge in [0.1, 0.15) is 19.0 Å². The lowest BCUT2D eigenvalue weighted by atomic mass is 10.2. The summed E-state index contributed by atoms with van der Waals surface area (Å²) in [6, 6.07) is 11.8. The van der Waals surface area contributed by atoms with Crippen LogP contribution in [-0.4, -0.2) is 71.9 Å². The van der Waals surface area contributed by atoms with E-state index in [1.807, 2.05) is 24.1 Å². The van der Waals surface area contributed by atoms with Gasteiger partial charge in [-0.2, -0.15) is 4.98 Å². The van der Waals surface area contributed by atoms with Crippen LogP contribution in [0.2, 0.25) is 0 Å². The summed E-state index contributed by atoms with van der Waals surface area (Å²) in [4.78, 5) is 8.67. The van der Waals surface area contributed by atoms with Gasteiger partial charge in [0.2, 0.25) is 26.6 Å². The second-order valence-electron chi connectivity index (χ2n) is 7.96. The Morgan fingerprint density at radius 3 is 2.48 bits per heavy atom. The minimum absolute atomic E-state index is 0.0765. The Balaban J connectivity index is 1.60. The zero-order chi connectivity index (χ0) is 23.0. The van der Waals surface area contributed by atoms with Gasteiger partial charge in [-0.1, -0.05) is 6.07 Å². The second kappa shape index (κ2) is 8.60. The first-order valence-electron chi connectivity index (χ1n) is 10.7. The molecule has 174 valence electrons. The number of likely N-dealkylation sites (N-methyl/N-ethyl adjacent to an activating group) is 1. The van der Waals surface area contributed by atoms with Gasteiger partial charge in [-0.15, -0.1) is 0 Å². The van der Waals surface area contributed by atoms with Crippen molar-refractivity contribution in [1.82, 2.24) is 9.88 Å². The van der Waals surface area contributed by atoms with Crippen LogP contribution in [0.1, 0.15) is 0 Å². The van der Waals surface area contributed by atoms with Gasteiger partial charge in [-0.05, 0) is 37.4 Å². The van der Waals surface area contributed by atoms with Crippen LogP contribution in [0.5, 0.6) is 17.2 Å². The molecule has 2 aliphatic rings. The van der Waals surface area contributed by atoms with E-state index in [4.69, 9.17) is 18.6 Å². The molecule has 0 spiro atoms. The number of oxazole rings is 1. The van der Waals surface area contributed by atoms with Gasteiger partial charge >= 0.3 is 0 Å². The molecule has 0 bridgehead atoms. The molecular weight excluding hydrogens is 446 g/mol. The zero-order valence-corrected chi connectivity index (χ0v) is 19.3. The van der Waals surface area contributed by atoms with E-state index in [1.165, 1.54) is 12.1 Å². The highest BCUT2D eigenvalue weighted by molar-refractivity contribution is 7.91. The van der Waals surface area contributed by atoms with Gasteiger partial charge in [0.25, 0.3) is 0 Å². The molecule has 0 atom stereocenters. The van der Waals surface area contributed by atoms with Crippen LogP contribution in [0.25, 0.3) is 11.5 Å². The largest absolute Gasteiger partial charge is 0.497 e. The van der Waals surface area contributed by atoms with E-state index in [0.717, 1.165) is 13.1 Å². The van der Waals surface area contributed by atoms with Gasteiger partial charge in [0.15, 0.2) is 11.5 Å². The third kappa shape index (κ3) is 4.11. The van der Waals surface area contributed by atoms with Crippen molar-refractivity contribution in [2.24, 2.45) is 0 Å². The molecule has 1 aromatic heterocycles. The predicted molar refractivity (Wildman–Crippen MR) is 121 cm³/mol. The van der Waals surface area contributed by atoms with Crippen LogP contribution in [0.3, 0.4) is 0 Å². The molecule has 2 aromatic carbocycles. The smallest absolute Gasteiger partial charge is 0.236 e. The maximum Gasteiger partial charge on any atom is 0.236 e.